The molecule has 2 aromatic carbocycles. The topological polar surface area (TPSA) is 145 Å². The van der Waals surface area contributed by atoms with E-state index in [4.69, 9.17) is 31.2 Å². The van der Waals surface area contributed by atoms with Gasteiger partial charge in [-0.1, -0.05) is 50.7 Å². The lowest BCUT2D eigenvalue weighted by atomic mass is 10.0. The third-order valence-corrected chi connectivity index (χ3v) is 5.95. The summed E-state index contributed by atoms with van der Waals surface area (Å²) in [5.41, 5.74) is 15.3. The van der Waals surface area contributed by atoms with Crippen LogP contribution < -0.4 is 20.9 Å². The Morgan fingerprint density at radius 2 is 0.944 bits per heavy atom. The number of rotatable bonds is 19. The highest BCUT2D eigenvalue weighted by Gasteiger charge is 2.08. The largest absolute Gasteiger partial charge is 0.491 e. The predicted molar refractivity (Wildman–Crippen MR) is 142 cm³/mol. The van der Waals surface area contributed by atoms with Gasteiger partial charge in [-0.3, -0.25) is 9.59 Å². The van der Waals surface area contributed by atoms with Crippen molar-refractivity contribution >= 4 is 23.3 Å². The Morgan fingerprint density at radius 1 is 0.583 bits per heavy atom. The number of carbonyl (C=O) groups is 2. The number of ether oxygens (including phenoxy) is 2. The Balaban J connectivity index is 1.80. The summed E-state index contributed by atoms with van der Waals surface area (Å²) in [6.45, 7) is 1.11. The van der Waals surface area contributed by atoms with E-state index in [2.05, 4.69) is 0 Å². The van der Waals surface area contributed by atoms with Crippen LogP contribution in [0.1, 0.15) is 77.0 Å². The van der Waals surface area contributed by atoms with Gasteiger partial charge in [-0.25, -0.2) is 0 Å². The second-order valence-corrected chi connectivity index (χ2v) is 9.03. The van der Waals surface area contributed by atoms with Crippen LogP contribution in [-0.2, 0) is 9.59 Å². The van der Waals surface area contributed by atoms with Crippen LogP contribution in [0.5, 0.6) is 11.5 Å². The van der Waals surface area contributed by atoms with Crippen LogP contribution in [0.4, 0.5) is 11.4 Å². The summed E-state index contributed by atoms with van der Waals surface area (Å²) in [5.74, 6) is -0.202. The zero-order valence-electron chi connectivity index (χ0n) is 21.0. The zero-order chi connectivity index (χ0) is 26.2. The number of nitrogens with two attached hydrogens (primary N) is 2. The van der Waals surface area contributed by atoms with Crippen molar-refractivity contribution in [2.24, 2.45) is 0 Å². The van der Waals surface area contributed by atoms with Crippen molar-refractivity contribution < 1.29 is 29.3 Å². The van der Waals surface area contributed by atoms with Crippen molar-refractivity contribution in [3.8, 4) is 22.6 Å². The highest BCUT2D eigenvalue weighted by molar-refractivity contribution is 5.73. The molecular formula is C28H40N2O6. The summed E-state index contributed by atoms with van der Waals surface area (Å²) >= 11 is 0. The van der Waals surface area contributed by atoms with Crippen LogP contribution in [0.2, 0.25) is 0 Å². The molecule has 36 heavy (non-hydrogen) atoms. The van der Waals surface area contributed by atoms with Gasteiger partial charge in [0.05, 0.1) is 24.6 Å². The smallest absolute Gasteiger partial charge is 0.303 e. The molecule has 0 aliphatic rings. The van der Waals surface area contributed by atoms with Crippen LogP contribution in [-0.4, -0.2) is 35.4 Å². The Kier molecular flexibility index (Phi) is 13.0. The van der Waals surface area contributed by atoms with Gasteiger partial charge in [0.1, 0.15) is 11.5 Å². The van der Waals surface area contributed by atoms with Crippen molar-refractivity contribution in [2.75, 3.05) is 24.7 Å². The van der Waals surface area contributed by atoms with Gasteiger partial charge in [-0.15, -0.1) is 0 Å². The third kappa shape index (κ3) is 11.3. The minimum atomic E-state index is -0.741. The predicted octanol–water partition coefficient (Wildman–Crippen LogP) is 6.13. The number of carboxylic acid groups (broad SMARTS) is 2. The molecule has 8 heteroatoms. The summed E-state index contributed by atoms with van der Waals surface area (Å²) < 4.78 is 11.8. The van der Waals surface area contributed by atoms with Gasteiger partial charge in [0.15, 0.2) is 0 Å². The highest BCUT2D eigenvalue weighted by atomic mass is 16.5. The van der Waals surface area contributed by atoms with Gasteiger partial charge in [0.2, 0.25) is 0 Å². The van der Waals surface area contributed by atoms with Crippen molar-refractivity contribution in [3.63, 3.8) is 0 Å². The zero-order valence-corrected chi connectivity index (χ0v) is 21.0. The highest BCUT2D eigenvalue weighted by Crippen LogP contribution is 2.33. The Hall–Kier alpha value is -3.42. The van der Waals surface area contributed by atoms with Crippen LogP contribution in [0, 0.1) is 0 Å². The summed E-state index contributed by atoms with van der Waals surface area (Å²) in [6, 6.07) is 11.4. The standard InChI is InChI=1S/C28H40N2O6/c29-23-15-13-21(19-25(23)35-17-9-5-1-3-7-11-27(31)32)22-14-16-24(30)26(20-22)36-18-10-6-2-4-8-12-28(33)34/h13-16,19-20H,1-12,17-18,29-30H2,(H,31,32)(H,33,34). The molecule has 2 rings (SSSR count). The molecule has 8 nitrogen and oxygen atoms in total. The lowest BCUT2D eigenvalue weighted by Crippen LogP contribution is -2.02. The summed E-state index contributed by atoms with van der Waals surface area (Å²) in [7, 11) is 0. The molecule has 0 heterocycles. The maximum Gasteiger partial charge on any atom is 0.303 e. The fourth-order valence-corrected chi connectivity index (χ4v) is 3.86. The molecule has 198 valence electrons. The lowest BCUT2D eigenvalue weighted by molar-refractivity contribution is -0.138. The molecule has 0 spiro atoms. The number of benzene rings is 2. The number of carboxylic acids is 2. The molecule has 0 atom stereocenters. The first-order valence-electron chi connectivity index (χ1n) is 12.9. The first-order chi connectivity index (χ1) is 17.4. The van der Waals surface area contributed by atoms with E-state index in [0.717, 1.165) is 62.5 Å². The van der Waals surface area contributed by atoms with Crippen molar-refractivity contribution in [1.82, 2.24) is 0 Å². The van der Waals surface area contributed by atoms with Gasteiger partial charge in [-0.2, -0.15) is 0 Å². The molecule has 0 unspecified atom stereocenters. The van der Waals surface area contributed by atoms with Crippen molar-refractivity contribution in [3.05, 3.63) is 36.4 Å². The number of hydrogen-bond acceptors (Lipinski definition) is 6. The second-order valence-electron chi connectivity index (χ2n) is 9.03. The van der Waals surface area contributed by atoms with Crippen LogP contribution in [0.3, 0.4) is 0 Å². The van der Waals surface area contributed by atoms with Gasteiger partial charge in [0, 0.05) is 12.8 Å². The molecule has 0 aliphatic heterocycles. The van der Waals surface area contributed by atoms with Crippen LogP contribution >= 0.6 is 0 Å². The molecule has 0 bridgehead atoms. The fourth-order valence-electron chi connectivity index (χ4n) is 3.86. The lowest BCUT2D eigenvalue weighted by Gasteiger charge is -2.13. The molecule has 0 saturated heterocycles. The molecular weight excluding hydrogens is 460 g/mol. The third-order valence-electron chi connectivity index (χ3n) is 5.95. The molecule has 0 saturated carbocycles. The van der Waals surface area contributed by atoms with Gasteiger partial charge < -0.3 is 31.2 Å². The normalized spacial score (nSPS) is 10.8. The SMILES string of the molecule is Nc1ccc(-c2ccc(N)c(OCCCCCCCC(=O)O)c2)cc1OCCCCCCCC(=O)O. The van der Waals surface area contributed by atoms with E-state index in [-0.39, 0.29) is 12.8 Å². The van der Waals surface area contributed by atoms with E-state index in [9.17, 15) is 9.59 Å². The van der Waals surface area contributed by atoms with Gasteiger partial charge >= 0.3 is 11.9 Å². The van der Waals surface area contributed by atoms with Gasteiger partial charge in [0.25, 0.3) is 0 Å². The van der Waals surface area contributed by atoms with Gasteiger partial charge in [-0.05, 0) is 61.1 Å². The molecule has 0 radical (unpaired) electrons. The number of unbranched alkanes of at least 4 members (excludes halogenated alkanes) is 8. The number of anilines is 2. The second kappa shape index (κ2) is 16.3. The fraction of sp³-hybridized carbons (Fsp3) is 0.500. The van der Waals surface area contributed by atoms with E-state index < -0.39 is 11.9 Å². The number of nitrogen functional groups attached to an aromatic ring is 2. The molecule has 0 aliphatic carbocycles. The molecule has 0 amide bonds. The van der Waals surface area contributed by atoms with E-state index >= 15 is 0 Å². The minimum absolute atomic E-state index is 0.230. The maximum absolute atomic E-state index is 10.5. The maximum atomic E-state index is 10.5. The van der Waals surface area contributed by atoms with E-state index in [1.165, 1.54) is 0 Å². The molecule has 6 N–H and O–H groups in total. The monoisotopic (exact) mass is 500 g/mol. The Morgan fingerprint density at radius 3 is 1.33 bits per heavy atom. The van der Waals surface area contributed by atoms with E-state index in [1.807, 2.05) is 36.4 Å². The van der Waals surface area contributed by atoms with Crippen molar-refractivity contribution in [2.45, 2.75) is 77.0 Å². The van der Waals surface area contributed by atoms with Crippen LogP contribution in [0.25, 0.3) is 11.1 Å². The summed E-state index contributed by atoms with van der Waals surface area (Å²) in [6.07, 6.45) is 9.45. The van der Waals surface area contributed by atoms with Crippen molar-refractivity contribution in [1.29, 1.82) is 0 Å². The number of aliphatic carboxylic acids is 2. The average Bonchev–Trinajstić information content (AvgIpc) is 2.84. The van der Waals surface area contributed by atoms with Crippen LogP contribution in [0.15, 0.2) is 36.4 Å². The molecule has 2 aromatic rings. The summed E-state index contributed by atoms with van der Waals surface area (Å²) in [5, 5.41) is 17.4. The minimum Gasteiger partial charge on any atom is -0.491 e. The van der Waals surface area contributed by atoms with E-state index in [0.29, 0.717) is 48.9 Å². The molecule has 0 fully saturated rings. The van der Waals surface area contributed by atoms with E-state index in [1.54, 1.807) is 0 Å². The first-order valence-corrected chi connectivity index (χ1v) is 12.9. The Labute approximate surface area is 213 Å². The Bertz CT molecular complexity index is 886. The first kappa shape index (κ1) is 28.8. The average molecular weight is 501 g/mol. The quantitative estimate of drug-likeness (QED) is 0.133. The summed E-state index contributed by atoms with van der Waals surface area (Å²) in [4.78, 5) is 21.1. The molecule has 0 aromatic heterocycles. The number of hydrogen-bond donors (Lipinski definition) is 4.